The van der Waals surface area contributed by atoms with Crippen LogP contribution in [0.1, 0.15) is 23.5 Å². The van der Waals surface area contributed by atoms with Gasteiger partial charge in [0.2, 0.25) is 5.91 Å². The number of rotatable bonds is 4. The minimum Gasteiger partial charge on any atom is -0.359 e. The Morgan fingerprint density at radius 3 is 2.42 bits per heavy atom. The van der Waals surface area contributed by atoms with Crippen LogP contribution in [-0.4, -0.2) is 13.0 Å². The number of halogens is 1. The molecular weight excluding hydrogens is 258 g/mol. The first-order chi connectivity index (χ1) is 9.20. The van der Waals surface area contributed by atoms with Crippen molar-refractivity contribution < 1.29 is 4.79 Å². The molecule has 0 spiro atoms. The van der Waals surface area contributed by atoms with Crippen LogP contribution in [0, 0.1) is 0 Å². The summed E-state index contributed by atoms with van der Waals surface area (Å²) >= 11 is 6.05. The second-order valence-electron chi connectivity index (χ2n) is 4.40. The Hall–Kier alpha value is -1.80. The maximum atomic E-state index is 11.7. The zero-order valence-electron chi connectivity index (χ0n) is 10.8. The molecule has 0 bridgehead atoms. The summed E-state index contributed by atoms with van der Waals surface area (Å²) in [5.41, 5.74) is 2.18. The Bertz CT molecular complexity index is 554. The standard InChI is InChI=1S/C16H16ClNO/c1-18-16(19)11-15(12-6-3-2-4-7-12)13-8-5-9-14(17)10-13/h2-10,15H,11H2,1H3,(H,18,19)/t15-/m0/s1. The van der Waals surface area contributed by atoms with Gasteiger partial charge in [0.25, 0.3) is 0 Å². The monoisotopic (exact) mass is 273 g/mol. The van der Waals surface area contributed by atoms with Gasteiger partial charge < -0.3 is 5.32 Å². The maximum absolute atomic E-state index is 11.7. The van der Waals surface area contributed by atoms with Crippen LogP contribution in [0.3, 0.4) is 0 Å². The molecule has 0 aliphatic carbocycles. The molecule has 2 aromatic carbocycles. The predicted octanol–water partition coefficient (Wildman–Crippen LogP) is 3.61. The van der Waals surface area contributed by atoms with Gasteiger partial charge in [-0.15, -0.1) is 0 Å². The lowest BCUT2D eigenvalue weighted by Gasteiger charge is -2.17. The van der Waals surface area contributed by atoms with Crippen LogP contribution < -0.4 is 5.32 Å². The summed E-state index contributed by atoms with van der Waals surface area (Å²) in [6.07, 6.45) is 0.418. The number of nitrogens with one attached hydrogen (secondary N) is 1. The van der Waals surface area contributed by atoms with E-state index < -0.39 is 0 Å². The third-order valence-corrected chi connectivity index (χ3v) is 3.36. The van der Waals surface area contributed by atoms with Gasteiger partial charge in [0.05, 0.1) is 0 Å². The Kier molecular flexibility index (Phi) is 4.58. The van der Waals surface area contributed by atoms with Crippen molar-refractivity contribution >= 4 is 17.5 Å². The first-order valence-electron chi connectivity index (χ1n) is 6.21. The fourth-order valence-corrected chi connectivity index (χ4v) is 2.32. The quantitative estimate of drug-likeness (QED) is 0.906. The van der Waals surface area contributed by atoms with E-state index in [-0.39, 0.29) is 11.8 Å². The normalized spacial score (nSPS) is 11.9. The average molecular weight is 274 g/mol. The fraction of sp³-hybridized carbons (Fsp3) is 0.188. The summed E-state index contributed by atoms with van der Waals surface area (Å²) < 4.78 is 0. The molecule has 1 atom stereocenters. The summed E-state index contributed by atoms with van der Waals surface area (Å²) in [7, 11) is 1.66. The molecule has 2 nitrogen and oxygen atoms in total. The van der Waals surface area contributed by atoms with E-state index >= 15 is 0 Å². The SMILES string of the molecule is CNC(=O)C[C@@H](c1ccccc1)c1cccc(Cl)c1. The van der Waals surface area contributed by atoms with Crippen molar-refractivity contribution in [2.45, 2.75) is 12.3 Å². The smallest absolute Gasteiger partial charge is 0.220 e. The van der Waals surface area contributed by atoms with E-state index in [0.29, 0.717) is 11.4 Å². The Labute approximate surface area is 118 Å². The summed E-state index contributed by atoms with van der Waals surface area (Å²) in [5, 5.41) is 3.37. The lowest BCUT2D eigenvalue weighted by Crippen LogP contribution is -2.21. The van der Waals surface area contributed by atoms with Gasteiger partial charge in [0, 0.05) is 24.4 Å². The van der Waals surface area contributed by atoms with Crippen LogP contribution in [0.2, 0.25) is 5.02 Å². The Morgan fingerprint density at radius 2 is 1.79 bits per heavy atom. The van der Waals surface area contributed by atoms with Crippen molar-refractivity contribution in [3.8, 4) is 0 Å². The Balaban J connectivity index is 2.37. The second-order valence-corrected chi connectivity index (χ2v) is 4.83. The van der Waals surface area contributed by atoms with Gasteiger partial charge in [-0.25, -0.2) is 0 Å². The molecule has 2 aromatic rings. The average Bonchev–Trinajstić information content (AvgIpc) is 2.45. The van der Waals surface area contributed by atoms with Crippen molar-refractivity contribution in [3.63, 3.8) is 0 Å². The number of benzene rings is 2. The highest BCUT2D eigenvalue weighted by Gasteiger charge is 2.17. The summed E-state index contributed by atoms with van der Waals surface area (Å²) in [5.74, 6) is 0.0497. The van der Waals surface area contributed by atoms with E-state index in [4.69, 9.17) is 11.6 Å². The zero-order valence-corrected chi connectivity index (χ0v) is 11.5. The first-order valence-corrected chi connectivity index (χ1v) is 6.59. The van der Waals surface area contributed by atoms with Crippen LogP contribution in [0.5, 0.6) is 0 Å². The number of hydrogen-bond donors (Lipinski definition) is 1. The van der Waals surface area contributed by atoms with Crippen LogP contribution in [0.4, 0.5) is 0 Å². The molecule has 0 saturated heterocycles. The molecule has 0 fully saturated rings. The van der Waals surface area contributed by atoms with E-state index in [2.05, 4.69) is 5.32 Å². The highest BCUT2D eigenvalue weighted by atomic mass is 35.5. The highest BCUT2D eigenvalue weighted by Crippen LogP contribution is 2.29. The molecule has 98 valence electrons. The van der Waals surface area contributed by atoms with Crippen LogP contribution in [0.25, 0.3) is 0 Å². The molecule has 1 N–H and O–H groups in total. The van der Waals surface area contributed by atoms with Crippen molar-refractivity contribution in [1.82, 2.24) is 5.32 Å². The van der Waals surface area contributed by atoms with Gasteiger partial charge >= 0.3 is 0 Å². The van der Waals surface area contributed by atoms with E-state index in [1.807, 2.05) is 54.6 Å². The van der Waals surface area contributed by atoms with Gasteiger partial charge in [-0.1, -0.05) is 54.1 Å². The largest absolute Gasteiger partial charge is 0.359 e. The van der Waals surface area contributed by atoms with E-state index in [1.54, 1.807) is 7.05 Å². The second kappa shape index (κ2) is 6.39. The molecular formula is C16H16ClNO. The van der Waals surface area contributed by atoms with Crippen molar-refractivity contribution in [2.24, 2.45) is 0 Å². The van der Waals surface area contributed by atoms with Gasteiger partial charge in [0.15, 0.2) is 0 Å². The number of hydrogen-bond acceptors (Lipinski definition) is 1. The zero-order chi connectivity index (χ0) is 13.7. The summed E-state index contributed by atoms with van der Waals surface area (Å²) in [6, 6.07) is 17.7. The molecule has 3 heteroatoms. The topological polar surface area (TPSA) is 29.1 Å². The molecule has 0 unspecified atom stereocenters. The number of carbonyl (C=O) groups excluding carboxylic acids is 1. The molecule has 19 heavy (non-hydrogen) atoms. The van der Waals surface area contributed by atoms with E-state index in [9.17, 15) is 4.79 Å². The van der Waals surface area contributed by atoms with E-state index in [0.717, 1.165) is 11.1 Å². The van der Waals surface area contributed by atoms with E-state index in [1.165, 1.54) is 0 Å². The molecule has 0 saturated carbocycles. The molecule has 2 rings (SSSR count). The third-order valence-electron chi connectivity index (χ3n) is 3.12. The predicted molar refractivity (Wildman–Crippen MR) is 78.4 cm³/mol. The van der Waals surface area contributed by atoms with Gasteiger partial charge in [-0.05, 0) is 23.3 Å². The fourth-order valence-electron chi connectivity index (χ4n) is 2.12. The Morgan fingerprint density at radius 1 is 1.11 bits per heavy atom. The molecule has 0 radical (unpaired) electrons. The van der Waals surface area contributed by atoms with Crippen LogP contribution in [0.15, 0.2) is 54.6 Å². The molecule has 0 aliphatic rings. The number of amides is 1. The number of carbonyl (C=O) groups is 1. The summed E-state index contributed by atoms with van der Waals surface area (Å²) in [4.78, 5) is 11.7. The van der Waals surface area contributed by atoms with Crippen molar-refractivity contribution in [2.75, 3.05) is 7.05 Å². The van der Waals surface area contributed by atoms with Crippen molar-refractivity contribution in [3.05, 3.63) is 70.7 Å². The minimum atomic E-state index is 0.0221. The maximum Gasteiger partial charge on any atom is 0.220 e. The van der Waals surface area contributed by atoms with Crippen LogP contribution >= 0.6 is 11.6 Å². The minimum absolute atomic E-state index is 0.0221. The summed E-state index contributed by atoms with van der Waals surface area (Å²) in [6.45, 7) is 0. The van der Waals surface area contributed by atoms with Gasteiger partial charge in [-0.3, -0.25) is 4.79 Å². The molecule has 1 amide bonds. The molecule has 0 heterocycles. The highest BCUT2D eigenvalue weighted by molar-refractivity contribution is 6.30. The van der Waals surface area contributed by atoms with Gasteiger partial charge in [0.1, 0.15) is 0 Å². The first kappa shape index (κ1) is 13.6. The molecule has 0 aliphatic heterocycles. The lowest BCUT2D eigenvalue weighted by molar-refractivity contribution is -0.120. The third kappa shape index (κ3) is 3.58. The molecule has 0 aromatic heterocycles. The van der Waals surface area contributed by atoms with Crippen molar-refractivity contribution in [1.29, 1.82) is 0 Å². The van der Waals surface area contributed by atoms with Gasteiger partial charge in [-0.2, -0.15) is 0 Å². The lowest BCUT2D eigenvalue weighted by atomic mass is 9.88. The van der Waals surface area contributed by atoms with Crippen LogP contribution in [-0.2, 0) is 4.79 Å².